The first-order valence-electron chi connectivity index (χ1n) is 9.89. The average molecular weight is 422 g/mol. The van der Waals surface area contributed by atoms with Crippen molar-refractivity contribution in [2.24, 2.45) is 0 Å². The van der Waals surface area contributed by atoms with Gasteiger partial charge in [0.15, 0.2) is 11.6 Å². The summed E-state index contributed by atoms with van der Waals surface area (Å²) in [6.07, 6.45) is 3.62. The van der Waals surface area contributed by atoms with Gasteiger partial charge in [0.2, 0.25) is 5.91 Å². The summed E-state index contributed by atoms with van der Waals surface area (Å²) in [7, 11) is 1.38. The van der Waals surface area contributed by atoms with Crippen LogP contribution in [0.5, 0.6) is 5.75 Å². The minimum absolute atomic E-state index is 0.0321. The number of likely N-dealkylation sites (tertiary alicyclic amines) is 1. The molecule has 1 fully saturated rings. The van der Waals surface area contributed by atoms with Crippen LogP contribution in [-0.4, -0.2) is 40.8 Å². The van der Waals surface area contributed by atoms with Crippen molar-refractivity contribution >= 4 is 5.91 Å². The normalized spacial score (nSPS) is 13.3. The molecule has 0 bridgehead atoms. The minimum Gasteiger partial charge on any atom is -0.494 e. The number of nitrogens with zero attached hydrogens (tertiary/aromatic N) is 4. The summed E-state index contributed by atoms with van der Waals surface area (Å²) in [6, 6.07) is 10.5. The number of hydrogen-bond acceptors (Lipinski definition) is 4. The highest BCUT2D eigenvalue weighted by molar-refractivity contribution is 5.82. The first-order valence-corrected chi connectivity index (χ1v) is 9.89. The lowest BCUT2D eigenvalue weighted by molar-refractivity contribution is -0.130. The third-order valence-corrected chi connectivity index (χ3v) is 5.34. The van der Waals surface area contributed by atoms with Gasteiger partial charge in [0.1, 0.15) is 24.1 Å². The SMILES string of the molecule is COc1ccc(-c2cn(CC(=O)N3CCCC3)nc2-c2ccc(C#N)c(F)c2)cc1F. The van der Waals surface area contributed by atoms with Crippen molar-refractivity contribution in [1.82, 2.24) is 14.7 Å². The van der Waals surface area contributed by atoms with E-state index in [-0.39, 0.29) is 23.8 Å². The molecule has 0 aliphatic carbocycles. The summed E-state index contributed by atoms with van der Waals surface area (Å²) >= 11 is 0. The molecule has 8 heteroatoms. The number of ether oxygens (including phenoxy) is 1. The quantitative estimate of drug-likeness (QED) is 0.623. The van der Waals surface area contributed by atoms with E-state index in [2.05, 4.69) is 5.10 Å². The summed E-state index contributed by atoms with van der Waals surface area (Å²) in [4.78, 5) is 14.4. The van der Waals surface area contributed by atoms with Gasteiger partial charge in [-0.3, -0.25) is 9.48 Å². The Morgan fingerprint density at radius 3 is 2.48 bits per heavy atom. The van der Waals surface area contributed by atoms with E-state index in [0.29, 0.717) is 22.4 Å². The number of halogens is 2. The van der Waals surface area contributed by atoms with E-state index in [4.69, 9.17) is 10.00 Å². The molecule has 3 aromatic rings. The fourth-order valence-corrected chi connectivity index (χ4v) is 3.72. The number of aromatic nitrogens is 2. The largest absolute Gasteiger partial charge is 0.494 e. The number of carbonyl (C=O) groups excluding carboxylic acids is 1. The van der Waals surface area contributed by atoms with Crippen LogP contribution in [0.15, 0.2) is 42.6 Å². The Balaban J connectivity index is 1.77. The second kappa shape index (κ2) is 8.56. The second-order valence-electron chi connectivity index (χ2n) is 7.33. The average Bonchev–Trinajstić information content (AvgIpc) is 3.44. The number of methoxy groups -OCH3 is 1. The Kier molecular flexibility index (Phi) is 5.67. The number of nitriles is 1. The number of rotatable bonds is 5. The second-order valence-corrected chi connectivity index (χ2v) is 7.33. The Morgan fingerprint density at radius 1 is 1.13 bits per heavy atom. The maximum Gasteiger partial charge on any atom is 0.244 e. The van der Waals surface area contributed by atoms with Crippen molar-refractivity contribution in [3.63, 3.8) is 0 Å². The number of amides is 1. The molecule has 0 N–H and O–H groups in total. The maximum absolute atomic E-state index is 14.3. The molecule has 1 amide bonds. The molecular formula is C23H20F2N4O2. The number of carbonyl (C=O) groups is 1. The first kappa shape index (κ1) is 20.5. The van der Waals surface area contributed by atoms with Gasteiger partial charge in [0.25, 0.3) is 0 Å². The van der Waals surface area contributed by atoms with Crippen LogP contribution >= 0.6 is 0 Å². The van der Waals surface area contributed by atoms with Crippen molar-refractivity contribution in [3.05, 3.63) is 59.8 Å². The molecule has 0 radical (unpaired) electrons. The van der Waals surface area contributed by atoms with Crippen LogP contribution in [0.3, 0.4) is 0 Å². The summed E-state index contributed by atoms with van der Waals surface area (Å²) in [6.45, 7) is 1.49. The van der Waals surface area contributed by atoms with Crippen LogP contribution in [0, 0.1) is 23.0 Å². The van der Waals surface area contributed by atoms with Gasteiger partial charge >= 0.3 is 0 Å². The predicted molar refractivity (Wildman–Crippen MR) is 110 cm³/mol. The maximum atomic E-state index is 14.3. The van der Waals surface area contributed by atoms with Crippen LogP contribution in [0.25, 0.3) is 22.4 Å². The van der Waals surface area contributed by atoms with E-state index in [1.54, 1.807) is 29.3 Å². The van der Waals surface area contributed by atoms with Crippen molar-refractivity contribution in [3.8, 4) is 34.2 Å². The lowest BCUT2D eigenvalue weighted by Gasteiger charge is -2.14. The summed E-state index contributed by atoms with van der Waals surface area (Å²) in [5, 5.41) is 13.5. The Morgan fingerprint density at radius 2 is 1.84 bits per heavy atom. The molecule has 0 unspecified atom stereocenters. The van der Waals surface area contributed by atoms with E-state index in [0.717, 1.165) is 25.9 Å². The van der Waals surface area contributed by atoms with Gasteiger partial charge < -0.3 is 9.64 Å². The molecule has 2 aromatic carbocycles. The van der Waals surface area contributed by atoms with Crippen molar-refractivity contribution in [2.75, 3.05) is 20.2 Å². The summed E-state index contributed by atoms with van der Waals surface area (Å²) < 4.78 is 35.1. The molecule has 6 nitrogen and oxygen atoms in total. The molecule has 4 rings (SSSR count). The molecule has 0 saturated carbocycles. The molecule has 1 aliphatic rings. The highest BCUT2D eigenvalue weighted by atomic mass is 19.1. The van der Waals surface area contributed by atoms with Crippen LogP contribution < -0.4 is 4.74 Å². The topological polar surface area (TPSA) is 71.2 Å². The van der Waals surface area contributed by atoms with Crippen LogP contribution in [0.2, 0.25) is 0 Å². The smallest absolute Gasteiger partial charge is 0.244 e. The molecule has 0 atom stereocenters. The third kappa shape index (κ3) is 4.12. The van der Waals surface area contributed by atoms with Crippen molar-refractivity contribution in [1.29, 1.82) is 5.26 Å². The summed E-state index contributed by atoms with van der Waals surface area (Å²) in [5.41, 5.74) is 1.79. The van der Waals surface area contributed by atoms with E-state index in [1.807, 2.05) is 0 Å². The van der Waals surface area contributed by atoms with Gasteiger partial charge in [-0.1, -0.05) is 12.1 Å². The van der Waals surface area contributed by atoms with Gasteiger partial charge in [-0.25, -0.2) is 8.78 Å². The number of hydrogen-bond donors (Lipinski definition) is 0. The monoisotopic (exact) mass is 422 g/mol. The molecule has 158 valence electrons. The van der Waals surface area contributed by atoms with Gasteiger partial charge in [0.05, 0.1) is 12.7 Å². The molecule has 0 spiro atoms. The minimum atomic E-state index is -0.672. The van der Waals surface area contributed by atoms with Crippen LogP contribution in [-0.2, 0) is 11.3 Å². The predicted octanol–water partition coefficient (Wildman–Crippen LogP) is 4.00. The molecular weight excluding hydrogens is 402 g/mol. The zero-order valence-electron chi connectivity index (χ0n) is 16.9. The molecule has 31 heavy (non-hydrogen) atoms. The van der Waals surface area contributed by atoms with E-state index >= 15 is 0 Å². The van der Waals surface area contributed by atoms with Crippen LogP contribution in [0.1, 0.15) is 18.4 Å². The van der Waals surface area contributed by atoms with Crippen LogP contribution in [0.4, 0.5) is 8.78 Å². The molecule has 1 aliphatic heterocycles. The zero-order valence-corrected chi connectivity index (χ0v) is 16.9. The highest BCUT2D eigenvalue weighted by Crippen LogP contribution is 2.34. The van der Waals surface area contributed by atoms with E-state index in [1.165, 1.54) is 36.1 Å². The van der Waals surface area contributed by atoms with E-state index in [9.17, 15) is 13.6 Å². The van der Waals surface area contributed by atoms with Gasteiger partial charge in [-0.05, 0) is 42.7 Å². The summed E-state index contributed by atoms with van der Waals surface area (Å²) in [5.74, 6) is -1.16. The van der Waals surface area contributed by atoms with Crippen molar-refractivity contribution < 1.29 is 18.3 Å². The third-order valence-electron chi connectivity index (χ3n) is 5.34. The number of benzene rings is 2. The first-order chi connectivity index (χ1) is 15.0. The molecule has 1 aromatic heterocycles. The standard InChI is InChI=1S/C23H20F2N4O2/c1-31-21-7-6-15(10-20(21)25)18-13-29(14-22(30)28-8-2-3-9-28)27-23(18)16-4-5-17(12-26)19(24)11-16/h4-7,10-11,13H,2-3,8-9,14H2,1H3. The highest BCUT2D eigenvalue weighted by Gasteiger charge is 2.21. The Labute approximate surface area is 178 Å². The molecule has 2 heterocycles. The van der Waals surface area contributed by atoms with Gasteiger partial charge in [-0.2, -0.15) is 10.4 Å². The molecule has 1 saturated heterocycles. The lowest BCUT2D eigenvalue weighted by atomic mass is 10.0. The zero-order chi connectivity index (χ0) is 22.0. The fraction of sp³-hybridized carbons (Fsp3) is 0.261. The Hall–Kier alpha value is -3.73. The van der Waals surface area contributed by atoms with Gasteiger partial charge in [-0.15, -0.1) is 0 Å². The van der Waals surface area contributed by atoms with Gasteiger partial charge in [0, 0.05) is 30.4 Å². The Bertz CT molecular complexity index is 1180. The fourth-order valence-electron chi connectivity index (χ4n) is 3.72. The van der Waals surface area contributed by atoms with Crippen molar-refractivity contribution in [2.45, 2.75) is 19.4 Å². The van der Waals surface area contributed by atoms with E-state index < -0.39 is 11.6 Å². The lowest BCUT2D eigenvalue weighted by Crippen LogP contribution is -2.31.